The molecule has 1 aromatic carbocycles. The molecule has 1 aliphatic heterocycles. The number of allylic oxidation sites excluding steroid dienone is 1. The summed E-state index contributed by atoms with van der Waals surface area (Å²) in [6, 6.07) is 8.39. The van der Waals surface area contributed by atoms with E-state index in [0.717, 1.165) is 5.56 Å². The van der Waals surface area contributed by atoms with Crippen LogP contribution < -0.4 is 9.47 Å². The third kappa shape index (κ3) is 4.27. The fraction of sp³-hybridized carbons (Fsp3) is 0.250. The van der Waals surface area contributed by atoms with Gasteiger partial charge in [-0.15, -0.1) is 0 Å². The van der Waals surface area contributed by atoms with Gasteiger partial charge in [-0.05, 0) is 56.7 Å². The maximum Gasteiger partial charge on any atom is 0.344 e. The number of rotatable bonds is 4. The van der Waals surface area contributed by atoms with Crippen LogP contribution in [0.4, 0.5) is 0 Å². The first-order valence-electron chi connectivity index (χ1n) is 8.15. The number of Topliss-reactive ketones (excluding diaryl/α,β-unsaturated/α-hetero) is 1. The maximum absolute atomic E-state index is 12.4. The molecule has 3 rings (SSSR count). The number of esters is 1. The number of carbonyl (C=O) groups excluding carboxylic acids is 2. The van der Waals surface area contributed by atoms with Gasteiger partial charge < -0.3 is 14.2 Å². The highest BCUT2D eigenvalue weighted by Crippen LogP contribution is 2.34. The van der Waals surface area contributed by atoms with Crippen LogP contribution in [0.3, 0.4) is 0 Å². The smallest absolute Gasteiger partial charge is 0.344 e. The number of nitrogens with zero attached hydrogens (tertiary/aromatic N) is 1. The van der Waals surface area contributed by atoms with Gasteiger partial charge in [-0.25, -0.2) is 4.79 Å². The van der Waals surface area contributed by atoms with E-state index in [9.17, 15) is 9.59 Å². The van der Waals surface area contributed by atoms with E-state index in [0.29, 0.717) is 17.1 Å². The van der Waals surface area contributed by atoms with Crippen LogP contribution in [0.5, 0.6) is 11.5 Å². The van der Waals surface area contributed by atoms with Crippen molar-refractivity contribution in [1.82, 2.24) is 4.98 Å². The van der Waals surface area contributed by atoms with Gasteiger partial charge in [0.25, 0.3) is 0 Å². The summed E-state index contributed by atoms with van der Waals surface area (Å²) in [6.45, 7) is 5.15. The Morgan fingerprint density at radius 2 is 1.92 bits per heavy atom. The second-order valence-corrected chi connectivity index (χ2v) is 6.75. The van der Waals surface area contributed by atoms with Crippen LogP contribution in [-0.2, 0) is 9.53 Å². The molecule has 1 aromatic heterocycles. The third-order valence-electron chi connectivity index (χ3n) is 3.42. The van der Waals surface area contributed by atoms with E-state index in [1.165, 1.54) is 0 Å². The van der Waals surface area contributed by atoms with Crippen LogP contribution >= 0.6 is 0 Å². The Morgan fingerprint density at radius 1 is 1.19 bits per heavy atom. The summed E-state index contributed by atoms with van der Waals surface area (Å²) in [5, 5.41) is 0. The van der Waals surface area contributed by atoms with Crippen molar-refractivity contribution in [1.29, 1.82) is 0 Å². The van der Waals surface area contributed by atoms with E-state index in [1.807, 2.05) is 0 Å². The highest BCUT2D eigenvalue weighted by atomic mass is 16.6. The number of benzene rings is 1. The minimum Gasteiger partial charge on any atom is -0.482 e. The Kier molecular flexibility index (Phi) is 4.75. The Bertz CT molecular complexity index is 866. The molecule has 0 amide bonds. The van der Waals surface area contributed by atoms with Crippen LogP contribution in [0.1, 0.15) is 36.7 Å². The summed E-state index contributed by atoms with van der Waals surface area (Å²) in [5.41, 5.74) is 0.702. The zero-order valence-corrected chi connectivity index (χ0v) is 14.8. The Hall–Kier alpha value is -3.15. The number of hydrogen-bond acceptors (Lipinski definition) is 6. The van der Waals surface area contributed by atoms with Gasteiger partial charge in [-0.2, -0.15) is 0 Å². The predicted molar refractivity (Wildman–Crippen MR) is 95.0 cm³/mol. The first-order chi connectivity index (χ1) is 12.3. The summed E-state index contributed by atoms with van der Waals surface area (Å²) < 4.78 is 16.3. The van der Waals surface area contributed by atoms with Crippen molar-refractivity contribution < 1.29 is 23.8 Å². The van der Waals surface area contributed by atoms with Crippen LogP contribution in [0.15, 0.2) is 48.5 Å². The standard InChI is InChI=1S/C20H19NO5/c1-20(2,3)26-18(22)12-24-14-4-5-15-16(11-14)25-17(19(15)23)10-13-6-8-21-9-7-13/h4-11H,12H2,1-3H3. The van der Waals surface area contributed by atoms with Crippen LogP contribution in [0, 0.1) is 0 Å². The number of hydrogen-bond donors (Lipinski definition) is 0. The second kappa shape index (κ2) is 7.00. The van der Waals surface area contributed by atoms with Gasteiger partial charge in [-0.1, -0.05) is 0 Å². The van der Waals surface area contributed by atoms with E-state index in [2.05, 4.69) is 4.98 Å². The zero-order chi connectivity index (χ0) is 18.7. The van der Waals surface area contributed by atoms with Crippen molar-refractivity contribution in [2.75, 3.05) is 6.61 Å². The molecule has 0 spiro atoms. The third-order valence-corrected chi connectivity index (χ3v) is 3.42. The summed E-state index contributed by atoms with van der Waals surface area (Å²) >= 11 is 0. The van der Waals surface area contributed by atoms with Crippen molar-refractivity contribution in [3.05, 3.63) is 59.6 Å². The first kappa shape index (κ1) is 17.7. The fourth-order valence-corrected chi connectivity index (χ4v) is 2.38. The van der Waals surface area contributed by atoms with Gasteiger partial charge in [0.1, 0.15) is 17.1 Å². The second-order valence-electron chi connectivity index (χ2n) is 6.75. The molecule has 2 aromatic rings. The molecule has 0 radical (unpaired) electrons. The summed E-state index contributed by atoms with van der Waals surface area (Å²) in [4.78, 5) is 28.1. The molecule has 0 aliphatic carbocycles. The monoisotopic (exact) mass is 353 g/mol. The summed E-state index contributed by atoms with van der Waals surface area (Å²) in [5.74, 6) is 0.392. The van der Waals surface area contributed by atoms with Crippen molar-refractivity contribution in [2.24, 2.45) is 0 Å². The van der Waals surface area contributed by atoms with E-state index >= 15 is 0 Å². The van der Waals surface area contributed by atoms with Crippen molar-refractivity contribution >= 4 is 17.8 Å². The van der Waals surface area contributed by atoms with Gasteiger partial charge in [0.05, 0.1) is 5.56 Å². The van der Waals surface area contributed by atoms with Crippen molar-refractivity contribution in [3.8, 4) is 11.5 Å². The molecule has 0 saturated carbocycles. The van der Waals surface area contributed by atoms with E-state index in [4.69, 9.17) is 14.2 Å². The lowest BCUT2D eigenvalue weighted by atomic mass is 10.1. The number of fused-ring (bicyclic) bond motifs is 1. The van der Waals surface area contributed by atoms with Gasteiger partial charge in [0, 0.05) is 18.5 Å². The quantitative estimate of drug-likeness (QED) is 0.619. The molecule has 26 heavy (non-hydrogen) atoms. The summed E-state index contributed by atoms with van der Waals surface area (Å²) in [6.07, 6.45) is 4.94. The topological polar surface area (TPSA) is 74.7 Å². The largest absolute Gasteiger partial charge is 0.482 e. The Labute approximate surface area is 151 Å². The minimum atomic E-state index is -0.569. The molecule has 0 N–H and O–H groups in total. The Balaban J connectivity index is 1.70. The SMILES string of the molecule is CC(C)(C)OC(=O)COc1ccc2c(c1)OC(=Cc1ccncc1)C2=O. The fourth-order valence-electron chi connectivity index (χ4n) is 2.38. The Morgan fingerprint density at radius 3 is 2.62 bits per heavy atom. The number of ether oxygens (including phenoxy) is 3. The molecule has 6 nitrogen and oxygen atoms in total. The van der Waals surface area contributed by atoms with E-state index in [1.54, 1.807) is 69.6 Å². The van der Waals surface area contributed by atoms with Crippen LogP contribution in [-0.4, -0.2) is 28.9 Å². The van der Waals surface area contributed by atoms with E-state index in [-0.39, 0.29) is 18.1 Å². The minimum absolute atomic E-state index is 0.199. The molecule has 0 atom stereocenters. The van der Waals surface area contributed by atoms with Gasteiger partial charge in [0.15, 0.2) is 12.4 Å². The molecule has 134 valence electrons. The zero-order valence-electron chi connectivity index (χ0n) is 14.8. The lowest BCUT2D eigenvalue weighted by Gasteiger charge is -2.19. The summed E-state index contributed by atoms with van der Waals surface area (Å²) in [7, 11) is 0. The number of pyridine rings is 1. The molecule has 1 aliphatic rings. The number of ketones is 1. The lowest BCUT2D eigenvalue weighted by Crippen LogP contribution is -2.27. The van der Waals surface area contributed by atoms with E-state index < -0.39 is 11.6 Å². The number of carbonyl (C=O) groups is 2. The van der Waals surface area contributed by atoms with Crippen molar-refractivity contribution in [2.45, 2.75) is 26.4 Å². The molecule has 0 unspecified atom stereocenters. The van der Waals surface area contributed by atoms with Gasteiger partial charge in [0.2, 0.25) is 5.78 Å². The molecule has 0 bridgehead atoms. The average Bonchev–Trinajstić information content (AvgIpc) is 2.88. The molecule has 0 fully saturated rings. The molecule has 6 heteroatoms. The predicted octanol–water partition coefficient (Wildman–Crippen LogP) is 3.42. The van der Waals surface area contributed by atoms with Crippen molar-refractivity contribution in [3.63, 3.8) is 0 Å². The highest BCUT2D eigenvalue weighted by Gasteiger charge is 2.28. The highest BCUT2D eigenvalue weighted by molar-refractivity contribution is 6.14. The molecule has 2 heterocycles. The molecular weight excluding hydrogens is 334 g/mol. The van der Waals surface area contributed by atoms with Crippen LogP contribution in [0.25, 0.3) is 6.08 Å². The van der Waals surface area contributed by atoms with Gasteiger partial charge >= 0.3 is 5.97 Å². The van der Waals surface area contributed by atoms with Gasteiger partial charge in [-0.3, -0.25) is 9.78 Å². The average molecular weight is 353 g/mol. The molecular formula is C20H19NO5. The maximum atomic E-state index is 12.4. The lowest BCUT2D eigenvalue weighted by molar-refractivity contribution is -0.157. The van der Waals surface area contributed by atoms with Crippen LogP contribution in [0.2, 0.25) is 0 Å². The first-order valence-corrected chi connectivity index (χ1v) is 8.15. The molecule has 0 saturated heterocycles. The number of aromatic nitrogens is 1. The normalized spacial score (nSPS) is 14.7.